The van der Waals surface area contributed by atoms with Gasteiger partial charge in [-0.3, -0.25) is 9.79 Å². The van der Waals surface area contributed by atoms with Crippen molar-refractivity contribution in [2.24, 2.45) is 10.9 Å². The quantitative estimate of drug-likeness (QED) is 0.264. The van der Waals surface area contributed by atoms with Crippen molar-refractivity contribution in [1.82, 2.24) is 15.5 Å². The van der Waals surface area contributed by atoms with Crippen molar-refractivity contribution in [2.75, 3.05) is 20.1 Å². The summed E-state index contributed by atoms with van der Waals surface area (Å²) in [6.07, 6.45) is 3.76. The Balaban J connectivity index is 0.00000338. The lowest BCUT2D eigenvalue weighted by Crippen LogP contribution is -2.38. The third-order valence-electron chi connectivity index (χ3n) is 4.53. The van der Waals surface area contributed by atoms with E-state index in [0.717, 1.165) is 50.9 Å². The van der Waals surface area contributed by atoms with E-state index in [4.69, 9.17) is 0 Å². The van der Waals surface area contributed by atoms with Crippen LogP contribution in [0.25, 0.3) is 0 Å². The average molecular weight is 472 g/mol. The summed E-state index contributed by atoms with van der Waals surface area (Å²) >= 11 is 0. The molecule has 1 aliphatic heterocycles. The smallest absolute Gasteiger partial charge is 0.223 e. The lowest BCUT2D eigenvalue weighted by atomic mass is 10.1. The standard InChI is InChI=1S/C20H32N4O.HI/c1-16(2)8-6-12-22-20(21-3)23-13-7-11-19(25)24-14-17-9-4-5-10-18(17)15-24;/h4-5,9-10,16H,6-8,11-15H2,1-3H3,(H2,21,22,23);1H. The van der Waals surface area contributed by atoms with Gasteiger partial charge in [-0.2, -0.15) is 0 Å². The average Bonchev–Trinajstić information content (AvgIpc) is 3.04. The minimum Gasteiger partial charge on any atom is -0.356 e. The molecule has 0 fully saturated rings. The van der Waals surface area contributed by atoms with Crippen molar-refractivity contribution in [3.63, 3.8) is 0 Å². The molecule has 0 saturated heterocycles. The third-order valence-corrected chi connectivity index (χ3v) is 4.53. The Labute approximate surface area is 175 Å². The molecule has 1 heterocycles. The van der Waals surface area contributed by atoms with Crippen LogP contribution >= 0.6 is 24.0 Å². The molecule has 0 bridgehead atoms. The molecule has 0 atom stereocenters. The van der Waals surface area contributed by atoms with E-state index in [9.17, 15) is 4.79 Å². The molecule has 0 saturated carbocycles. The fraction of sp³-hybridized carbons (Fsp3) is 0.600. The fourth-order valence-corrected chi connectivity index (χ4v) is 3.05. The zero-order valence-electron chi connectivity index (χ0n) is 16.3. The van der Waals surface area contributed by atoms with Gasteiger partial charge in [-0.15, -0.1) is 24.0 Å². The molecule has 2 rings (SSSR count). The first kappa shape index (κ1) is 22.7. The highest BCUT2D eigenvalue weighted by Gasteiger charge is 2.22. The number of benzene rings is 1. The van der Waals surface area contributed by atoms with Gasteiger partial charge >= 0.3 is 0 Å². The Morgan fingerprint density at radius 2 is 1.69 bits per heavy atom. The van der Waals surface area contributed by atoms with Gasteiger partial charge in [0.05, 0.1) is 0 Å². The first-order valence-corrected chi connectivity index (χ1v) is 9.39. The van der Waals surface area contributed by atoms with Gasteiger partial charge in [0.15, 0.2) is 5.96 Å². The van der Waals surface area contributed by atoms with Crippen molar-refractivity contribution >= 4 is 35.8 Å². The van der Waals surface area contributed by atoms with Crippen LogP contribution in [0.1, 0.15) is 50.7 Å². The third kappa shape index (κ3) is 7.51. The Morgan fingerprint density at radius 3 is 2.23 bits per heavy atom. The minimum atomic E-state index is 0. The number of fused-ring (bicyclic) bond motifs is 1. The number of carbonyl (C=O) groups excluding carboxylic acids is 1. The fourth-order valence-electron chi connectivity index (χ4n) is 3.05. The molecule has 2 N–H and O–H groups in total. The maximum atomic E-state index is 12.4. The number of halogens is 1. The predicted molar refractivity (Wildman–Crippen MR) is 119 cm³/mol. The second-order valence-corrected chi connectivity index (χ2v) is 7.08. The zero-order chi connectivity index (χ0) is 18.1. The highest BCUT2D eigenvalue weighted by atomic mass is 127. The van der Waals surface area contributed by atoms with Gasteiger partial charge in [0.2, 0.25) is 5.91 Å². The van der Waals surface area contributed by atoms with Gasteiger partial charge in [-0.1, -0.05) is 38.1 Å². The number of hydrogen-bond acceptors (Lipinski definition) is 2. The molecule has 0 aromatic heterocycles. The number of guanidine groups is 1. The van der Waals surface area contributed by atoms with Crippen LogP contribution in [0, 0.1) is 5.92 Å². The van der Waals surface area contributed by atoms with Crippen LogP contribution in [0.3, 0.4) is 0 Å². The summed E-state index contributed by atoms with van der Waals surface area (Å²) in [5.74, 6) is 1.79. The van der Waals surface area contributed by atoms with Crippen molar-refractivity contribution in [2.45, 2.75) is 52.6 Å². The van der Waals surface area contributed by atoms with Crippen molar-refractivity contribution in [3.05, 3.63) is 35.4 Å². The lowest BCUT2D eigenvalue weighted by Gasteiger charge is -2.16. The summed E-state index contributed by atoms with van der Waals surface area (Å²) in [4.78, 5) is 18.5. The zero-order valence-corrected chi connectivity index (χ0v) is 18.6. The Hall–Kier alpha value is -1.31. The molecule has 0 radical (unpaired) electrons. The highest BCUT2D eigenvalue weighted by molar-refractivity contribution is 14.0. The van der Waals surface area contributed by atoms with Crippen LogP contribution in [0.2, 0.25) is 0 Å². The molecule has 1 aromatic carbocycles. The molecular formula is C20H33IN4O. The summed E-state index contributed by atoms with van der Waals surface area (Å²) in [6, 6.07) is 8.30. The van der Waals surface area contributed by atoms with Crippen LogP contribution in [0.4, 0.5) is 0 Å². The monoisotopic (exact) mass is 472 g/mol. The van der Waals surface area contributed by atoms with Crippen molar-refractivity contribution in [1.29, 1.82) is 0 Å². The van der Waals surface area contributed by atoms with Gasteiger partial charge in [-0.25, -0.2) is 0 Å². The van der Waals surface area contributed by atoms with Crippen LogP contribution < -0.4 is 10.6 Å². The topological polar surface area (TPSA) is 56.7 Å². The van der Waals surface area contributed by atoms with Gasteiger partial charge in [0, 0.05) is 39.6 Å². The Morgan fingerprint density at radius 1 is 1.12 bits per heavy atom. The second kappa shape index (κ2) is 12.1. The number of carbonyl (C=O) groups is 1. The second-order valence-electron chi connectivity index (χ2n) is 7.08. The maximum Gasteiger partial charge on any atom is 0.223 e. The molecular weight excluding hydrogens is 439 g/mol. The van der Waals surface area contributed by atoms with Crippen LogP contribution in [0.5, 0.6) is 0 Å². The summed E-state index contributed by atoms with van der Waals surface area (Å²) < 4.78 is 0. The van der Waals surface area contributed by atoms with Crippen LogP contribution in [-0.4, -0.2) is 36.9 Å². The molecule has 1 aliphatic rings. The number of nitrogens with zero attached hydrogens (tertiary/aromatic N) is 2. The van der Waals surface area contributed by atoms with E-state index < -0.39 is 0 Å². The molecule has 26 heavy (non-hydrogen) atoms. The summed E-state index contributed by atoms with van der Waals surface area (Å²) in [7, 11) is 1.78. The number of nitrogens with one attached hydrogen (secondary N) is 2. The van der Waals surface area contributed by atoms with Crippen molar-refractivity contribution in [3.8, 4) is 0 Å². The highest BCUT2D eigenvalue weighted by Crippen LogP contribution is 2.22. The number of rotatable bonds is 8. The van der Waals surface area contributed by atoms with E-state index in [2.05, 4.69) is 41.6 Å². The van der Waals surface area contributed by atoms with E-state index >= 15 is 0 Å². The summed E-state index contributed by atoms with van der Waals surface area (Å²) in [5, 5.41) is 6.61. The van der Waals surface area contributed by atoms with Gasteiger partial charge in [0.1, 0.15) is 0 Å². The SMILES string of the molecule is CN=C(NCCCC(=O)N1Cc2ccccc2C1)NCCCC(C)C.I. The van der Waals surface area contributed by atoms with E-state index in [-0.39, 0.29) is 29.9 Å². The Kier molecular flexibility index (Phi) is 10.6. The van der Waals surface area contributed by atoms with E-state index in [1.165, 1.54) is 17.5 Å². The first-order valence-electron chi connectivity index (χ1n) is 9.39. The van der Waals surface area contributed by atoms with Crippen molar-refractivity contribution < 1.29 is 4.79 Å². The maximum absolute atomic E-state index is 12.4. The molecule has 5 nitrogen and oxygen atoms in total. The number of amides is 1. The van der Waals surface area contributed by atoms with Crippen LogP contribution in [-0.2, 0) is 17.9 Å². The van der Waals surface area contributed by atoms with E-state index in [0.29, 0.717) is 6.42 Å². The lowest BCUT2D eigenvalue weighted by molar-refractivity contribution is -0.131. The molecule has 6 heteroatoms. The Bertz CT molecular complexity index is 564. The largest absolute Gasteiger partial charge is 0.356 e. The molecule has 0 aliphatic carbocycles. The van der Waals surface area contributed by atoms with Gasteiger partial charge < -0.3 is 15.5 Å². The normalized spacial score (nSPS) is 13.4. The first-order chi connectivity index (χ1) is 12.1. The predicted octanol–water partition coefficient (Wildman–Crippen LogP) is 3.53. The van der Waals surface area contributed by atoms with Gasteiger partial charge in [0.25, 0.3) is 0 Å². The number of hydrogen-bond donors (Lipinski definition) is 2. The van der Waals surface area contributed by atoms with Crippen LogP contribution in [0.15, 0.2) is 29.3 Å². The molecule has 1 aromatic rings. The minimum absolute atomic E-state index is 0. The molecule has 146 valence electrons. The number of aliphatic imine (C=N–C) groups is 1. The van der Waals surface area contributed by atoms with E-state index in [1.807, 2.05) is 17.0 Å². The van der Waals surface area contributed by atoms with E-state index in [1.54, 1.807) is 7.05 Å². The summed E-state index contributed by atoms with van der Waals surface area (Å²) in [5.41, 5.74) is 2.56. The molecule has 0 spiro atoms. The summed E-state index contributed by atoms with van der Waals surface area (Å²) in [6.45, 7) is 7.67. The molecule has 1 amide bonds. The van der Waals surface area contributed by atoms with Gasteiger partial charge in [-0.05, 0) is 36.3 Å². The molecule has 0 unspecified atom stereocenters.